The third kappa shape index (κ3) is 2.64. The molecule has 0 unspecified atom stereocenters. The van der Waals surface area contributed by atoms with Crippen LogP contribution in [0.15, 0.2) is 29.8 Å². The van der Waals surface area contributed by atoms with Crippen LogP contribution in [-0.2, 0) is 4.79 Å². The Labute approximate surface area is 100 Å². The standard InChI is InChI=1S/C13H14ClNO/c14-12-7-2-1-5-10(12)9-11-6-3-4-8-15-13(11)16/h1-2,5,7,9H,3-4,6,8H2,(H,15,16)/b11-9+. The van der Waals surface area contributed by atoms with E-state index in [1.807, 2.05) is 30.3 Å². The van der Waals surface area contributed by atoms with Crippen molar-refractivity contribution in [3.8, 4) is 0 Å². The molecule has 1 aliphatic rings. The molecule has 3 heteroatoms. The SMILES string of the molecule is O=C1NCCCC/C1=C\c1ccccc1Cl. The van der Waals surface area contributed by atoms with Gasteiger partial charge in [-0.25, -0.2) is 0 Å². The Morgan fingerprint density at radius 1 is 1.25 bits per heavy atom. The van der Waals surface area contributed by atoms with E-state index in [-0.39, 0.29) is 5.91 Å². The van der Waals surface area contributed by atoms with Crippen LogP contribution in [0, 0.1) is 0 Å². The Bertz CT molecular complexity index is 426. The summed E-state index contributed by atoms with van der Waals surface area (Å²) < 4.78 is 0. The predicted octanol–water partition coefficient (Wildman–Crippen LogP) is 3.02. The second-order valence-electron chi connectivity index (χ2n) is 3.90. The number of carbonyl (C=O) groups is 1. The summed E-state index contributed by atoms with van der Waals surface area (Å²) in [6, 6.07) is 7.57. The Hall–Kier alpha value is -1.28. The van der Waals surface area contributed by atoms with Crippen LogP contribution in [0.3, 0.4) is 0 Å². The number of carbonyl (C=O) groups excluding carboxylic acids is 1. The molecule has 0 spiro atoms. The maximum absolute atomic E-state index is 11.7. The van der Waals surface area contributed by atoms with Crippen molar-refractivity contribution in [2.75, 3.05) is 6.54 Å². The summed E-state index contributed by atoms with van der Waals surface area (Å²) in [5.74, 6) is 0.0393. The van der Waals surface area contributed by atoms with Gasteiger partial charge in [-0.1, -0.05) is 29.8 Å². The zero-order chi connectivity index (χ0) is 11.4. The summed E-state index contributed by atoms with van der Waals surface area (Å²) in [7, 11) is 0. The molecule has 1 saturated heterocycles. The zero-order valence-electron chi connectivity index (χ0n) is 9.00. The molecule has 0 bridgehead atoms. The number of hydrogen-bond donors (Lipinski definition) is 1. The van der Waals surface area contributed by atoms with Gasteiger partial charge in [0.25, 0.3) is 0 Å². The third-order valence-electron chi connectivity index (χ3n) is 2.69. The molecule has 0 saturated carbocycles. The summed E-state index contributed by atoms with van der Waals surface area (Å²) in [5, 5.41) is 3.57. The molecule has 1 aliphatic heterocycles. The maximum Gasteiger partial charge on any atom is 0.247 e. The molecule has 1 amide bonds. The molecule has 1 aromatic carbocycles. The van der Waals surface area contributed by atoms with E-state index >= 15 is 0 Å². The van der Waals surface area contributed by atoms with E-state index in [9.17, 15) is 4.79 Å². The van der Waals surface area contributed by atoms with Gasteiger partial charge in [-0.2, -0.15) is 0 Å². The molecule has 1 N–H and O–H groups in total. The van der Waals surface area contributed by atoms with Crippen LogP contribution in [0.4, 0.5) is 0 Å². The Morgan fingerprint density at radius 3 is 2.88 bits per heavy atom. The normalized spacial score (nSPS) is 19.3. The van der Waals surface area contributed by atoms with E-state index in [4.69, 9.17) is 11.6 Å². The summed E-state index contributed by atoms with van der Waals surface area (Å²) in [4.78, 5) is 11.7. The van der Waals surface area contributed by atoms with Crippen LogP contribution in [0.5, 0.6) is 0 Å². The minimum Gasteiger partial charge on any atom is -0.352 e. The molecule has 1 heterocycles. The average molecular weight is 236 g/mol. The minimum atomic E-state index is 0.0393. The lowest BCUT2D eigenvalue weighted by Gasteiger charge is -2.03. The average Bonchev–Trinajstić information content (AvgIpc) is 2.48. The van der Waals surface area contributed by atoms with Gasteiger partial charge in [0.05, 0.1) is 0 Å². The van der Waals surface area contributed by atoms with E-state index in [0.717, 1.165) is 36.9 Å². The van der Waals surface area contributed by atoms with E-state index in [1.165, 1.54) is 0 Å². The fourth-order valence-corrected chi connectivity index (χ4v) is 1.98. The highest BCUT2D eigenvalue weighted by atomic mass is 35.5. The van der Waals surface area contributed by atoms with Crippen molar-refractivity contribution in [3.63, 3.8) is 0 Å². The topological polar surface area (TPSA) is 29.1 Å². The van der Waals surface area contributed by atoms with Gasteiger partial charge >= 0.3 is 0 Å². The van der Waals surface area contributed by atoms with Gasteiger partial charge in [-0.3, -0.25) is 4.79 Å². The van der Waals surface area contributed by atoms with Crippen molar-refractivity contribution in [1.82, 2.24) is 5.32 Å². The molecule has 2 nitrogen and oxygen atoms in total. The summed E-state index contributed by atoms with van der Waals surface area (Å²) in [6.45, 7) is 0.776. The van der Waals surface area contributed by atoms with E-state index in [2.05, 4.69) is 5.32 Å². The molecule has 0 atom stereocenters. The van der Waals surface area contributed by atoms with Crippen molar-refractivity contribution in [2.24, 2.45) is 0 Å². The van der Waals surface area contributed by atoms with Crippen molar-refractivity contribution in [2.45, 2.75) is 19.3 Å². The van der Waals surface area contributed by atoms with Crippen LogP contribution in [0.2, 0.25) is 5.02 Å². The molecular formula is C13H14ClNO. The quantitative estimate of drug-likeness (QED) is 0.745. The van der Waals surface area contributed by atoms with Crippen LogP contribution < -0.4 is 5.32 Å². The maximum atomic E-state index is 11.7. The largest absolute Gasteiger partial charge is 0.352 e. The lowest BCUT2D eigenvalue weighted by molar-refractivity contribution is -0.117. The monoisotopic (exact) mass is 235 g/mol. The van der Waals surface area contributed by atoms with E-state index in [1.54, 1.807) is 0 Å². The number of rotatable bonds is 1. The Kier molecular flexibility index (Phi) is 3.62. The summed E-state index contributed by atoms with van der Waals surface area (Å²) in [6.07, 6.45) is 4.82. The van der Waals surface area contributed by atoms with Gasteiger partial charge in [0.1, 0.15) is 0 Å². The number of hydrogen-bond acceptors (Lipinski definition) is 1. The van der Waals surface area contributed by atoms with Crippen molar-refractivity contribution in [1.29, 1.82) is 0 Å². The molecule has 1 aromatic rings. The molecule has 0 radical (unpaired) electrons. The highest BCUT2D eigenvalue weighted by Gasteiger charge is 2.12. The van der Waals surface area contributed by atoms with Crippen molar-refractivity contribution in [3.05, 3.63) is 40.4 Å². The van der Waals surface area contributed by atoms with Gasteiger partial charge < -0.3 is 5.32 Å². The fourth-order valence-electron chi connectivity index (χ4n) is 1.79. The van der Waals surface area contributed by atoms with Crippen LogP contribution >= 0.6 is 11.6 Å². The van der Waals surface area contributed by atoms with Crippen molar-refractivity contribution >= 4 is 23.6 Å². The summed E-state index contributed by atoms with van der Waals surface area (Å²) >= 11 is 6.06. The second-order valence-corrected chi connectivity index (χ2v) is 4.31. The number of amides is 1. The van der Waals surface area contributed by atoms with Crippen molar-refractivity contribution < 1.29 is 4.79 Å². The molecule has 16 heavy (non-hydrogen) atoms. The summed E-state index contributed by atoms with van der Waals surface area (Å²) in [5.41, 5.74) is 1.74. The molecular weight excluding hydrogens is 222 g/mol. The van der Waals surface area contributed by atoms with Crippen LogP contribution in [0.25, 0.3) is 6.08 Å². The lowest BCUT2D eigenvalue weighted by Crippen LogP contribution is -2.23. The molecule has 0 aromatic heterocycles. The minimum absolute atomic E-state index is 0.0393. The van der Waals surface area contributed by atoms with Crippen LogP contribution in [0.1, 0.15) is 24.8 Å². The second kappa shape index (κ2) is 5.17. The number of halogens is 1. The fraction of sp³-hybridized carbons (Fsp3) is 0.308. The molecule has 1 fully saturated rings. The highest BCUT2D eigenvalue weighted by molar-refractivity contribution is 6.32. The number of benzene rings is 1. The molecule has 0 aliphatic carbocycles. The first kappa shape index (κ1) is 11.2. The smallest absolute Gasteiger partial charge is 0.247 e. The molecule has 84 valence electrons. The van der Waals surface area contributed by atoms with E-state index < -0.39 is 0 Å². The van der Waals surface area contributed by atoms with E-state index in [0.29, 0.717) is 5.02 Å². The Balaban J connectivity index is 2.28. The third-order valence-corrected chi connectivity index (χ3v) is 3.03. The lowest BCUT2D eigenvalue weighted by atomic mass is 10.1. The highest BCUT2D eigenvalue weighted by Crippen LogP contribution is 2.21. The first-order chi connectivity index (χ1) is 7.77. The Morgan fingerprint density at radius 2 is 2.06 bits per heavy atom. The first-order valence-electron chi connectivity index (χ1n) is 5.50. The van der Waals surface area contributed by atoms with Gasteiger partial charge in [-0.05, 0) is 37.0 Å². The first-order valence-corrected chi connectivity index (χ1v) is 5.88. The predicted molar refractivity (Wildman–Crippen MR) is 66.3 cm³/mol. The van der Waals surface area contributed by atoms with Gasteiger partial charge in [0.15, 0.2) is 0 Å². The molecule has 2 rings (SSSR count). The van der Waals surface area contributed by atoms with Gasteiger partial charge in [0.2, 0.25) is 5.91 Å². The van der Waals surface area contributed by atoms with Gasteiger partial charge in [-0.15, -0.1) is 0 Å². The zero-order valence-corrected chi connectivity index (χ0v) is 9.76. The van der Waals surface area contributed by atoms with Gasteiger partial charge in [0, 0.05) is 17.1 Å². The van der Waals surface area contributed by atoms with Crippen LogP contribution in [-0.4, -0.2) is 12.5 Å². The number of nitrogens with one attached hydrogen (secondary N) is 1.